The average Bonchev–Trinajstić information content (AvgIpc) is 3.21. The molecule has 4 rings (SSSR count). The van der Waals surface area contributed by atoms with Gasteiger partial charge in [-0.2, -0.15) is 5.10 Å². The molecule has 2 aromatic rings. The lowest BCUT2D eigenvalue weighted by atomic mass is 9.80. The van der Waals surface area contributed by atoms with Crippen molar-refractivity contribution >= 4 is 11.8 Å². The van der Waals surface area contributed by atoms with Crippen molar-refractivity contribution in [3.05, 3.63) is 42.4 Å². The summed E-state index contributed by atoms with van der Waals surface area (Å²) in [6, 6.07) is 8.06. The summed E-state index contributed by atoms with van der Waals surface area (Å²) in [6.07, 6.45) is 8.41. The number of carbonyl (C=O) groups is 1. The van der Waals surface area contributed by atoms with E-state index in [-0.39, 0.29) is 6.03 Å². The fourth-order valence-corrected chi connectivity index (χ4v) is 4.40. The summed E-state index contributed by atoms with van der Waals surface area (Å²) in [5, 5.41) is 7.40. The molecule has 3 heterocycles. The first kappa shape index (κ1) is 16.1. The van der Waals surface area contributed by atoms with Crippen LogP contribution in [0.25, 0.3) is 0 Å². The van der Waals surface area contributed by atoms with E-state index in [1.54, 1.807) is 17.1 Å². The highest BCUT2D eigenvalue weighted by Gasteiger charge is 2.42. The molecule has 2 aromatic heterocycles. The Morgan fingerprint density at radius 3 is 2.96 bits per heavy atom. The van der Waals surface area contributed by atoms with E-state index in [9.17, 15) is 4.79 Å². The van der Waals surface area contributed by atoms with Crippen molar-refractivity contribution < 1.29 is 4.79 Å². The zero-order chi connectivity index (χ0) is 17.2. The number of aromatic nitrogens is 3. The number of fused-ring (bicyclic) bond motifs is 1. The Hall–Kier alpha value is -2.37. The van der Waals surface area contributed by atoms with Gasteiger partial charge in [0, 0.05) is 24.8 Å². The van der Waals surface area contributed by atoms with Crippen molar-refractivity contribution in [2.75, 3.05) is 11.9 Å². The SMILES string of the molecule is C[C@@H]1CN(C(=O)Nc2ccnn2Cc2ccccn2)[C@@H]2CCCC[C@@H]12. The second-order valence-electron chi connectivity index (χ2n) is 7.27. The number of nitrogens with one attached hydrogen (secondary N) is 1. The van der Waals surface area contributed by atoms with Crippen LogP contribution >= 0.6 is 0 Å². The Labute approximate surface area is 148 Å². The number of urea groups is 1. The third-order valence-corrected chi connectivity index (χ3v) is 5.65. The third kappa shape index (κ3) is 3.25. The maximum Gasteiger partial charge on any atom is 0.323 e. The first-order valence-corrected chi connectivity index (χ1v) is 9.21. The number of amides is 2. The monoisotopic (exact) mass is 339 g/mol. The smallest absolute Gasteiger partial charge is 0.321 e. The Morgan fingerprint density at radius 2 is 2.12 bits per heavy atom. The normalized spacial score (nSPS) is 25.6. The number of likely N-dealkylation sites (tertiary alicyclic amines) is 1. The number of nitrogens with zero attached hydrogens (tertiary/aromatic N) is 4. The largest absolute Gasteiger partial charge is 0.323 e. The van der Waals surface area contributed by atoms with Crippen molar-refractivity contribution in [1.29, 1.82) is 0 Å². The van der Waals surface area contributed by atoms with Gasteiger partial charge in [0.05, 0.1) is 18.4 Å². The fourth-order valence-electron chi connectivity index (χ4n) is 4.40. The van der Waals surface area contributed by atoms with Crippen molar-refractivity contribution in [1.82, 2.24) is 19.7 Å². The standard InChI is InChI=1S/C19H25N5O/c1-14-12-23(17-8-3-2-7-16(14)17)19(25)22-18-9-11-21-24(18)13-15-6-4-5-10-20-15/h4-6,9-11,14,16-17H,2-3,7-8,12-13H2,1H3,(H,22,25)/t14-,16+,17-/m1/s1. The molecule has 25 heavy (non-hydrogen) atoms. The molecule has 3 atom stereocenters. The summed E-state index contributed by atoms with van der Waals surface area (Å²) < 4.78 is 1.79. The lowest BCUT2D eigenvalue weighted by Gasteiger charge is -2.32. The minimum Gasteiger partial charge on any atom is -0.321 e. The van der Waals surface area contributed by atoms with Crippen LogP contribution in [0.15, 0.2) is 36.7 Å². The molecular weight excluding hydrogens is 314 g/mol. The molecule has 2 amide bonds. The minimum absolute atomic E-state index is 0.00372. The van der Waals surface area contributed by atoms with Crippen molar-refractivity contribution in [2.45, 2.75) is 45.2 Å². The topological polar surface area (TPSA) is 63.1 Å². The van der Waals surface area contributed by atoms with Crippen LogP contribution in [-0.2, 0) is 6.54 Å². The second-order valence-corrected chi connectivity index (χ2v) is 7.27. The van der Waals surface area contributed by atoms with E-state index >= 15 is 0 Å². The maximum absolute atomic E-state index is 12.9. The van der Waals surface area contributed by atoms with Gasteiger partial charge in [-0.25, -0.2) is 9.48 Å². The third-order valence-electron chi connectivity index (χ3n) is 5.65. The van der Waals surface area contributed by atoms with Crippen LogP contribution in [0.3, 0.4) is 0 Å². The van der Waals surface area contributed by atoms with Crippen molar-refractivity contribution in [2.24, 2.45) is 11.8 Å². The molecule has 2 fully saturated rings. The van der Waals surface area contributed by atoms with Crippen LogP contribution in [0.5, 0.6) is 0 Å². The minimum atomic E-state index is 0.00372. The van der Waals surface area contributed by atoms with E-state index in [1.807, 2.05) is 29.2 Å². The molecule has 0 unspecified atom stereocenters. The van der Waals surface area contributed by atoms with Gasteiger partial charge < -0.3 is 4.90 Å². The molecule has 0 bridgehead atoms. The first-order chi connectivity index (χ1) is 12.2. The molecule has 6 nitrogen and oxygen atoms in total. The molecule has 1 aliphatic heterocycles. The van der Waals surface area contributed by atoms with Crippen molar-refractivity contribution in [3.8, 4) is 0 Å². The molecule has 0 aromatic carbocycles. The first-order valence-electron chi connectivity index (χ1n) is 9.21. The Bertz CT molecular complexity index is 728. The maximum atomic E-state index is 12.9. The van der Waals surface area contributed by atoms with E-state index in [2.05, 4.69) is 22.3 Å². The van der Waals surface area contributed by atoms with Gasteiger partial charge in [0.15, 0.2) is 0 Å². The summed E-state index contributed by atoms with van der Waals surface area (Å²) in [5.74, 6) is 1.98. The molecule has 1 saturated carbocycles. The summed E-state index contributed by atoms with van der Waals surface area (Å²) in [6.45, 7) is 3.68. The fraction of sp³-hybridized carbons (Fsp3) is 0.526. The number of hydrogen-bond acceptors (Lipinski definition) is 3. The molecule has 132 valence electrons. The quantitative estimate of drug-likeness (QED) is 0.932. The number of carbonyl (C=O) groups excluding carboxylic acids is 1. The summed E-state index contributed by atoms with van der Waals surface area (Å²) >= 11 is 0. The van der Waals surface area contributed by atoms with Crippen molar-refractivity contribution in [3.63, 3.8) is 0 Å². The van der Waals surface area contributed by atoms with Gasteiger partial charge in [-0.1, -0.05) is 25.8 Å². The van der Waals surface area contributed by atoms with E-state index in [4.69, 9.17) is 0 Å². The highest BCUT2D eigenvalue weighted by molar-refractivity contribution is 5.89. The van der Waals surface area contributed by atoms with E-state index in [0.29, 0.717) is 24.4 Å². The Balaban J connectivity index is 1.46. The van der Waals surface area contributed by atoms with Crippen LogP contribution in [0.2, 0.25) is 0 Å². The lowest BCUT2D eigenvalue weighted by Crippen LogP contribution is -2.42. The number of hydrogen-bond donors (Lipinski definition) is 1. The number of anilines is 1. The van der Waals surface area contributed by atoms with Gasteiger partial charge in [0.2, 0.25) is 0 Å². The number of rotatable bonds is 3. The highest BCUT2D eigenvalue weighted by atomic mass is 16.2. The summed E-state index contributed by atoms with van der Waals surface area (Å²) in [7, 11) is 0. The highest BCUT2D eigenvalue weighted by Crippen LogP contribution is 2.39. The summed E-state index contributed by atoms with van der Waals surface area (Å²) in [5.41, 5.74) is 0.920. The van der Waals surface area contributed by atoms with Gasteiger partial charge in [-0.3, -0.25) is 10.3 Å². The van der Waals surface area contributed by atoms with Crippen LogP contribution in [0.4, 0.5) is 10.6 Å². The predicted molar refractivity (Wildman–Crippen MR) is 96.2 cm³/mol. The summed E-state index contributed by atoms with van der Waals surface area (Å²) in [4.78, 5) is 19.3. The Morgan fingerprint density at radius 1 is 1.24 bits per heavy atom. The molecule has 0 spiro atoms. The van der Waals surface area contributed by atoms with Crippen LogP contribution < -0.4 is 5.32 Å². The van der Waals surface area contributed by atoms with Gasteiger partial charge >= 0.3 is 6.03 Å². The predicted octanol–water partition coefficient (Wildman–Crippen LogP) is 3.37. The van der Waals surface area contributed by atoms with Crippen LogP contribution in [0.1, 0.15) is 38.3 Å². The molecule has 0 radical (unpaired) electrons. The lowest BCUT2D eigenvalue weighted by molar-refractivity contribution is 0.180. The molecule has 2 aliphatic rings. The number of pyridine rings is 1. The Kier molecular flexibility index (Phi) is 4.42. The van der Waals surface area contributed by atoms with Gasteiger partial charge in [-0.15, -0.1) is 0 Å². The van der Waals surface area contributed by atoms with Gasteiger partial charge in [0.25, 0.3) is 0 Å². The van der Waals surface area contributed by atoms with E-state index < -0.39 is 0 Å². The average molecular weight is 339 g/mol. The molecule has 1 aliphatic carbocycles. The molecule has 1 N–H and O–H groups in total. The van der Waals surface area contributed by atoms with E-state index in [0.717, 1.165) is 24.5 Å². The molecular formula is C19H25N5O. The molecule has 1 saturated heterocycles. The molecule has 6 heteroatoms. The van der Waals surface area contributed by atoms with Gasteiger partial charge in [0.1, 0.15) is 5.82 Å². The van der Waals surface area contributed by atoms with Crippen LogP contribution in [-0.4, -0.2) is 38.3 Å². The second kappa shape index (κ2) is 6.86. The van der Waals surface area contributed by atoms with Gasteiger partial charge in [-0.05, 0) is 36.8 Å². The van der Waals surface area contributed by atoms with Crippen LogP contribution in [0, 0.1) is 11.8 Å². The van der Waals surface area contributed by atoms with E-state index in [1.165, 1.54) is 19.3 Å². The zero-order valence-electron chi connectivity index (χ0n) is 14.6. The zero-order valence-corrected chi connectivity index (χ0v) is 14.6.